The van der Waals surface area contributed by atoms with Gasteiger partial charge in [-0.15, -0.1) is 0 Å². The summed E-state index contributed by atoms with van der Waals surface area (Å²) in [5.74, 6) is 1.23. The summed E-state index contributed by atoms with van der Waals surface area (Å²) >= 11 is 0. The monoisotopic (exact) mass is 329 g/mol. The average Bonchev–Trinajstić information content (AvgIpc) is 3.14. The topological polar surface area (TPSA) is 56.6 Å². The van der Waals surface area contributed by atoms with Crippen LogP contribution in [0.4, 0.5) is 0 Å². The second-order valence-electron chi connectivity index (χ2n) is 5.95. The van der Waals surface area contributed by atoms with E-state index in [2.05, 4.69) is 5.10 Å². The van der Waals surface area contributed by atoms with Crippen molar-refractivity contribution < 1.29 is 14.3 Å². The predicted molar refractivity (Wildman–Crippen MR) is 90.4 cm³/mol. The molecule has 0 saturated carbocycles. The molecule has 1 unspecified atom stereocenters. The van der Waals surface area contributed by atoms with Crippen molar-refractivity contribution in [1.82, 2.24) is 14.7 Å². The number of piperidine rings is 1. The van der Waals surface area contributed by atoms with Gasteiger partial charge in [0, 0.05) is 24.5 Å². The quantitative estimate of drug-likeness (QED) is 0.846. The van der Waals surface area contributed by atoms with E-state index < -0.39 is 0 Å². The van der Waals surface area contributed by atoms with Crippen LogP contribution < -0.4 is 9.47 Å². The number of amides is 1. The van der Waals surface area contributed by atoms with Gasteiger partial charge in [-0.1, -0.05) is 0 Å². The zero-order valence-electron chi connectivity index (χ0n) is 14.1. The van der Waals surface area contributed by atoms with Crippen LogP contribution in [0.1, 0.15) is 29.6 Å². The Labute approximate surface area is 142 Å². The van der Waals surface area contributed by atoms with Crippen LogP contribution in [0.2, 0.25) is 0 Å². The Balaban J connectivity index is 1.81. The van der Waals surface area contributed by atoms with Gasteiger partial charge in [0.2, 0.25) is 0 Å². The molecule has 1 saturated heterocycles. The molecule has 6 heteroatoms. The Hall–Kier alpha value is -2.50. The van der Waals surface area contributed by atoms with Crippen LogP contribution >= 0.6 is 0 Å². The molecule has 6 nitrogen and oxygen atoms in total. The Morgan fingerprint density at radius 3 is 2.79 bits per heavy atom. The first-order chi connectivity index (χ1) is 11.7. The van der Waals surface area contributed by atoms with E-state index in [1.165, 1.54) is 0 Å². The van der Waals surface area contributed by atoms with Gasteiger partial charge < -0.3 is 14.4 Å². The minimum atomic E-state index is 0.0350. The molecule has 0 spiro atoms. The lowest BCUT2D eigenvalue weighted by molar-refractivity contribution is 0.0583. The fourth-order valence-electron chi connectivity index (χ4n) is 3.22. The molecule has 1 aromatic heterocycles. The summed E-state index contributed by atoms with van der Waals surface area (Å²) < 4.78 is 12.5. The van der Waals surface area contributed by atoms with Gasteiger partial charge in [0.25, 0.3) is 5.91 Å². The summed E-state index contributed by atoms with van der Waals surface area (Å²) in [6, 6.07) is 7.39. The molecule has 1 aliphatic heterocycles. The molecule has 128 valence electrons. The largest absolute Gasteiger partial charge is 0.493 e. The second-order valence-corrected chi connectivity index (χ2v) is 5.95. The minimum Gasteiger partial charge on any atom is -0.493 e. The number of carbonyl (C=O) groups excluding carboxylic acids is 1. The van der Waals surface area contributed by atoms with E-state index in [0.29, 0.717) is 17.1 Å². The van der Waals surface area contributed by atoms with Gasteiger partial charge >= 0.3 is 0 Å². The number of methoxy groups -OCH3 is 2. The first-order valence-corrected chi connectivity index (χ1v) is 8.23. The second kappa shape index (κ2) is 7.38. The number of benzene rings is 1. The molecule has 1 aliphatic rings. The van der Waals surface area contributed by atoms with Gasteiger partial charge in [-0.3, -0.25) is 9.48 Å². The lowest BCUT2D eigenvalue weighted by Crippen LogP contribution is -2.45. The molecule has 2 aromatic rings. The van der Waals surface area contributed by atoms with E-state index in [4.69, 9.17) is 9.47 Å². The summed E-state index contributed by atoms with van der Waals surface area (Å²) in [4.78, 5) is 15.0. The first kappa shape index (κ1) is 16.4. The lowest BCUT2D eigenvalue weighted by atomic mass is 10.0. The van der Waals surface area contributed by atoms with Crippen LogP contribution in [0.25, 0.3) is 0 Å². The Bertz CT molecular complexity index is 685. The van der Waals surface area contributed by atoms with Crippen LogP contribution in [0.5, 0.6) is 11.5 Å². The molecule has 0 aliphatic carbocycles. The van der Waals surface area contributed by atoms with Crippen molar-refractivity contribution >= 4 is 5.91 Å². The minimum absolute atomic E-state index is 0.0350. The Morgan fingerprint density at radius 2 is 2.08 bits per heavy atom. The summed E-state index contributed by atoms with van der Waals surface area (Å²) in [7, 11) is 3.16. The van der Waals surface area contributed by atoms with Crippen molar-refractivity contribution in [1.29, 1.82) is 0 Å². The van der Waals surface area contributed by atoms with Crippen molar-refractivity contribution in [2.24, 2.45) is 0 Å². The fourth-order valence-corrected chi connectivity index (χ4v) is 3.22. The van der Waals surface area contributed by atoms with E-state index >= 15 is 0 Å². The Kier molecular flexibility index (Phi) is 5.03. The molecular formula is C18H23N3O3. The smallest absolute Gasteiger partial charge is 0.254 e. The highest BCUT2D eigenvalue weighted by Gasteiger charge is 2.28. The molecule has 0 radical (unpaired) electrons. The maximum Gasteiger partial charge on any atom is 0.254 e. The normalized spacial score (nSPS) is 17.6. The van der Waals surface area contributed by atoms with E-state index in [-0.39, 0.29) is 11.9 Å². The molecule has 0 bridgehead atoms. The summed E-state index contributed by atoms with van der Waals surface area (Å²) in [6.45, 7) is 1.51. The molecule has 24 heavy (non-hydrogen) atoms. The van der Waals surface area contributed by atoms with Crippen molar-refractivity contribution in [3.8, 4) is 11.5 Å². The molecule has 1 amide bonds. The molecule has 1 atom stereocenters. The number of hydrogen-bond acceptors (Lipinski definition) is 4. The van der Waals surface area contributed by atoms with Crippen molar-refractivity contribution in [2.75, 3.05) is 20.8 Å². The van der Waals surface area contributed by atoms with Crippen molar-refractivity contribution in [3.05, 3.63) is 42.2 Å². The molecule has 0 N–H and O–H groups in total. The molecule has 1 aromatic carbocycles. The van der Waals surface area contributed by atoms with Crippen molar-refractivity contribution in [2.45, 2.75) is 31.8 Å². The van der Waals surface area contributed by atoms with Crippen LogP contribution in [-0.4, -0.2) is 47.4 Å². The van der Waals surface area contributed by atoms with Gasteiger partial charge in [0.05, 0.1) is 26.8 Å². The zero-order chi connectivity index (χ0) is 16.9. The standard InChI is InChI=1S/C18H23N3O3/c1-23-16-8-7-14(12-17(16)24-2)18(22)21-11-4-3-6-15(21)13-20-10-5-9-19-20/h5,7-10,12,15H,3-4,6,11,13H2,1-2H3. The van der Waals surface area contributed by atoms with Crippen LogP contribution in [0.3, 0.4) is 0 Å². The number of hydrogen-bond donors (Lipinski definition) is 0. The van der Waals surface area contributed by atoms with Crippen LogP contribution in [0, 0.1) is 0 Å². The Morgan fingerprint density at radius 1 is 1.25 bits per heavy atom. The maximum atomic E-state index is 13.0. The number of nitrogens with zero attached hydrogens (tertiary/aromatic N) is 3. The van der Waals surface area contributed by atoms with Gasteiger partial charge in [0.15, 0.2) is 11.5 Å². The van der Waals surface area contributed by atoms with E-state index in [1.54, 1.807) is 38.6 Å². The fraction of sp³-hybridized carbons (Fsp3) is 0.444. The van der Waals surface area contributed by atoms with Gasteiger partial charge in [-0.25, -0.2) is 0 Å². The third-order valence-electron chi connectivity index (χ3n) is 4.48. The summed E-state index contributed by atoms with van der Waals surface area (Å²) in [5.41, 5.74) is 0.625. The summed E-state index contributed by atoms with van der Waals surface area (Å²) in [6.07, 6.45) is 6.88. The highest BCUT2D eigenvalue weighted by atomic mass is 16.5. The summed E-state index contributed by atoms with van der Waals surface area (Å²) in [5, 5.41) is 4.27. The van der Waals surface area contributed by atoms with Gasteiger partial charge in [-0.05, 0) is 43.5 Å². The molecule has 3 rings (SSSR count). The number of rotatable bonds is 5. The van der Waals surface area contributed by atoms with E-state index in [9.17, 15) is 4.79 Å². The maximum absolute atomic E-state index is 13.0. The van der Waals surface area contributed by atoms with Gasteiger partial charge in [-0.2, -0.15) is 5.10 Å². The molecule has 2 heterocycles. The number of carbonyl (C=O) groups is 1. The van der Waals surface area contributed by atoms with Gasteiger partial charge in [0.1, 0.15) is 0 Å². The lowest BCUT2D eigenvalue weighted by Gasteiger charge is -2.36. The SMILES string of the molecule is COc1ccc(C(=O)N2CCCCC2Cn2cccn2)cc1OC. The van der Waals surface area contributed by atoms with E-state index in [1.807, 2.05) is 21.8 Å². The number of ether oxygens (including phenoxy) is 2. The zero-order valence-corrected chi connectivity index (χ0v) is 14.1. The third kappa shape index (κ3) is 3.37. The molecular weight excluding hydrogens is 306 g/mol. The molecule has 1 fully saturated rings. The van der Waals surface area contributed by atoms with Crippen LogP contribution in [-0.2, 0) is 6.54 Å². The van der Waals surface area contributed by atoms with Crippen LogP contribution in [0.15, 0.2) is 36.7 Å². The number of likely N-dealkylation sites (tertiary alicyclic amines) is 1. The first-order valence-electron chi connectivity index (χ1n) is 8.23. The predicted octanol–water partition coefficient (Wildman–Crippen LogP) is 2.60. The highest BCUT2D eigenvalue weighted by molar-refractivity contribution is 5.95. The van der Waals surface area contributed by atoms with E-state index in [0.717, 1.165) is 32.4 Å². The van der Waals surface area contributed by atoms with Crippen molar-refractivity contribution in [3.63, 3.8) is 0 Å². The third-order valence-corrected chi connectivity index (χ3v) is 4.48. The highest BCUT2D eigenvalue weighted by Crippen LogP contribution is 2.29. The average molecular weight is 329 g/mol. The number of aromatic nitrogens is 2.